The second-order valence-electron chi connectivity index (χ2n) is 8.20. The van der Waals surface area contributed by atoms with Crippen LogP contribution in [0.2, 0.25) is 0 Å². The highest BCUT2D eigenvalue weighted by atomic mass is 16.5. The molecule has 0 spiro atoms. The number of nitrogens with one attached hydrogen (secondary N) is 1. The van der Waals surface area contributed by atoms with Crippen LogP contribution in [0, 0.1) is 5.92 Å². The molecule has 2 aromatic rings. The van der Waals surface area contributed by atoms with E-state index in [4.69, 9.17) is 4.52 Å². The van der Waals surface area contributed by atoms with Gasteiger partial charge in [-0.25, -0.2) is 0 Å². The molecule has 0 unspecified atom stereocenters. The van der Waals surface area contributed by atoms with E-state index in [1.54, 1.807) is 6.07 Å². The molecule has 1 aliphatic carbocycles. The molecule has 6 heteroatoms. The van der Waals surface area contributed by atoms with Crippen molar-refractivity contribution in [3.63, 3.8) is 0 Å². The number of likely N-dealkylation sites (tertiary alicyclic amines) is 1. The van der Waals surface area contributed by atoms with Gasteiger partial charge in [-0.3, -0.25) is 9.69 Å². The number of aromatic nitrogens is 1. The molecular weight excluding hydrogens is 340 g/mol. The SMILES string of the molecule is C[C@@H]1CN(Cc2ccc(N(C)C)cc2)C[C@H]1NC(=O)c1cc(C2CC2)on1. The van der Waals surface area contributed by atoms with Crippen molar-refractivity contribution < 1.29 is 9.32 Å². The largest absolute Gasteiger partial charge is 0.378 e. The van der Waals surface area contributed by atoms with Crippen LogP contribution in [0.4, 0.5) is 5.69 Å². The standard InChI is InChI=1S/C21H28N4O2/c1-14-11-25(12-15-4-8-17(9-5-15)24(2)3)13-19(14)22-21(26)18-10-20(27-23-18)16-6-7-16/h4-5,8-10,14,16,19H,6-7,11-13H2,1-3H3,(H,22,26)/t14-,19-/m1/s1. The lowest BCUT2D eigenvalue weighted by molar-refractivity contribution is 0.0922. The molecule has 1 saturated heterocycles. The minimum absolute atomic E-state index is 0.125. The summed E-state index contributed by atoms with van der Waals surface area (Å²) in [6.07, 6.45) is 2.28. The number of amides is 1. The van der Waals surface area contributed by atoms with Crippen molar-refractivity contribution in [1.82, 2.24) is 15.4 Å². The Balaban J connectivity index is 1.32. The molecule has 1 saturated carbocycles. The van der Waals surface area contributed by atoms with E-state index >= 15 is 0 Å². The quantitative estimate of drug-likeness (QED) is 0.850. The number of hydrogen-bond donors (Lipinski definition) is 1. The van der Waals surface area contributed by atoms with Crippen molar-refractivity contribution in [3.8, 4) is 0 Å². The first-order valence-electron chi connectivity index (χ1n) is 9.75. The Morgan fingerprint density at radius 2 is 2.00 bits per heavy atom. The fraction of sp³-hybridized carbons (Fsp3) is 0.524. The number of benzene rings is 1. The summed E-state index contributed by atoms with van der Waals surface area (Å²) in [5.74, 6) is 1.60. The third kappa shape index (κ3) is 4.16. The highest BCUT2D eigenvalue weighted by Crippen LogP contribution is 2.40. The Labute approximate surface area is 160 Å². The molecule has 0 radical (unpaired) electrons. The molecule has 4 rings (SSSR count). The summed E-state index contributed by atoms with van der Waals surface area (Å²) in [5.41, 5.74) is 2.91. The first-order chi connectivity index (χ1) is 13.0. The normalized spacial score (nSPS) is 22.8. The predicted molar refractivity (Wildman–Crippen MR) is 105 cm³/mol. The molecule has 0 bridgehead atoms. The van der Waals surface area contributed by atoms with Gasteiger partial charge in [0.15, 0.2) is 5.69 Å². The summed E-state index contributed by atoms with van der Waals surface area (Å²) in [6.45, 7) is 4.93. The zero-order valence-corrected chi connectivity index (χ0v) is 16.3. The van der Waals surface area contributed by atoms with Crippen molar-refractivity contribution >= 4 is 11.6 Å². The van der Waals surface area contributed by atoms with E-state index in [0.29, 0.717) is 17.5 Å². The predicted octanol–water partition coefficient (Wildman–Crippen LogP) is 2.87. The topological polar surface area (TPSA) is 61.6 Å². The molecule has 144 valence electrons. The highest BCUT2D eigenvalue weighted by molar-refractivity contribution is 5.92. The van der Waals surface area contributed by atoms with Crippen LogP contribution in [0.25, 0.3) is 0 Å². The van der Waals surface area contributed by atoms with E-state index in [-0.39, 0.29) is 11.9 Å². The Kier molecular flexibility index (Phi) is 4.91. The van der Waals surface area contributed by atoms with Crippen molar-refractivity contribution in [2.24, 2.45) is 5.92 Å². The van der Waals surface area contributed by atoms with Gasteiger partial charge in [0.25, 0.3) is 5.91 Å². The number of nitrogens with zero attached hydrogens (tertiary/aromatic N) is 3. The maximum Gasteiger partial charge on any atom is 0.273 e. The van der Waals surface area contributed by atoms with Gasteiger partial charge >= 0.3 is 0 Å². The summed E-state index contributed by atoms with van der Waals surface area (Å²) in [5, 5.41) is 7.10. The van der Waals surface area contributed by atoms with Crippen molar-refractivity contribution in [1.29, 1.82) is 0 Å². The van der Waals surface area contributed by atoms with Crippen LogP contribution in [0.15, 0.2) is 34.9 Å². The number of rotatable bonds is 6. The zero-order chi connectivity index (χ0) is 19.0. The van der Waals surface area contributed by atoms with Gasteiger partial charge < -0.3 is 14.7 Å². The molecular formula is C21H28N4O2. The molecule has 2 fully saturated rings. The third-order valence-corrected chi connectivity index (χ3v) is 5.60. The Morgan fingerprint density at radius 3 is 2.67 bits per heavy atom. The molecule has 1 N–H and O–H groups in total. The minimum atomic E-state index is -0.125. The van der Waals surface area contributed by atoms with Crippen LogP contribution in [0.5, 0.6) is 0 Å². The second kappa shape index (κ2) is 7.35. The maximum atomic E-state index is 12.5. The van der Waals surface area contributed by atoms with Gasteiger partial charge in [0, 0.05) is 57.4 Å². The average Bonchev–Trinajstić information content (AvgIpc) is 3.27. The molecule has 2 heterocycles. The van der Waals surface area contributed by atoms with Crippen molar-refractivity contribution in [2.45, 2.75) is 38.3 Å². The van der Waals surface area contributed by atoms with Gasteiger partial charge in [0.05, 0.1) is 0 Å². The Morgan fingerprint density at radius 1 is 1.26 bits per heavy atom. The lowest BCUT2D eigenvalue weighted by Crippen LogP contribution is -2.39. The monoisotopic (exact) mass is 368 g/mol. The summed E-state index contributed by atoms with van der Waals surface area (Å²) in [4.78, 5) is 17.0. The van der Waals surface area contributed by atoms with E-state index in [0.717, 1.165) is 38.2 Å². The minimum Gasteiger partial charge on any atom is -0.378 e. The van der Waals surface area contributed by atoms with E-state index in [1.807, 2.05) is 14.1 Å². The van der Waals surface area contributed by atoms with Gasteiger partial charge in [-0.05, 0) is 36.5 Å². The van der Waals surface area contributed by atoms with Gasteiger partial charge in [-0.2, -0.15) is 0 Å². The van der Waals surface area contributed by atoms with Gasteiger partial charge in [0.1, 0.15) is 5.76 Å². The average molecular weight is 368 g/mol. The Hall–Kier alpha value is -2.34. The lowest BCUT2D eigenvalue weighted by Gasteiger charge is -2.18. The molecule has 2 atom stereocenters. The summed E-state index contributed by atoms with van der Waals surface area (Å²) < 4.78 is 5.30. The fourth-order valence-electron chi connectivity index (χ4n) is 3.74. The third-order valence-electron chi connectivity index (χ3n) is 5.60. The molecule has 27 heavy (non-hydrogen) atoms. The van der Waals surface area contributed by atoms with Gasteiger partial charge in [-0.1, -0.05) is 24.2 Å². The van der Waals surface area contributed by atoms with Crippen LogP contribution < -0.4 is 10.2 Å². The lowest BCUT2D eigenvalue weighted by atomic mass is 10.1. The second-order valence-corrected chi connectivity index (χ2v) is 8.20. The number of carbonyl (C=O) groups excluding carboxylic acids is 1. The number of anilines is 1. The zero-order valence-electron chi connectivity index (χ0n) is 16.3. The summed E-state index contributed by atoms with van der Waals surface area (Å²) in [7, 11) is 4.10. The summed E-state index contributed by atoms with van der Waals surface area (Å²) >= 11 is 0. The molecule has 1 amide bonds. The van der Waals surface area contributed by atoms with Crippen LogP contribution >= 0.6 is 0 Å². The number of carbonyl (C=O) groups is 1. The van der Waals surface area contributed by atoms with Crippen molar-refractivity contribution in [3.05, 3.63) is 47.3 Å². The summed E-state index contributed by atoms with van der Waals surface area (Å²) in [6, 6.07) is 10.6. The van der Waals surface area contributed by atoms with Crippen molar-refractivity contribution in [2.75, 3.05) is 32.1 Å². The Bertz CT molecular complexity index is 795. The molecule has 1 aromatic carbocycles. The van der Waals surface area contributed by atoms with Crippen LogP contribution in [0.3, 0.4) is 0 Å². The fourth-order valence-corrected chi connectivity index (χ4v) is 3.74. The number of hydrogen-bond acceptors (Lipinski definition) is 5. The van der Waals surface area contributed by atoms with Crippen LogP contribution in [0.1, 0.15) is 47.5 Å². The van der Waals surface area contributed by atoms with Crippen LogP contribution in [-0.4, -0.2) is 49.2 Å². The first-order valence-corrected chi connectivity index (χ1v) is 9.75. The van der Waals surface area contributed by atoms with E-state index < -0.39 is 0 Å². The molecule has 6 nitrogen and oxygen atoms in total. The van der Waals surface area contributed by atoms with Gasteiger partial charge in [0.2, 0.25) is 0 Å². The maximum absolute atomic E-state index is 12.5. The smallest absolute Gasteiger partial charge is 0.273 e. The highest BCUT2D eigenvalue weighted by Gasteiger charge is 2.33. The van der Waals surface area contributed by atoms with Crippen LogP contribution in [-0.2, 0) is 6.54 Å². The van der Waals surface area contributed by atoms with E-state index in [9.17, 15) is 4.79 Å². The molecule has 1 aliphatic heterocycles. The van der Waals surface area contributed by atoms with Gasteiger partial charge in [-0.15, -0.1) is 0 Å². The molecule has 2 aliphatic rings. The van der Waals surface area contributed by atoms with E-state index in [1.165, 1.54) is 11.3 Å². The van der Waals surface area contributed by atoms with E-state index in [2.05, 4.69) is 51.5 Å². The first kappa shape index (κ1) is 18.0. The molecule has 1 aromatic heterocycles.